The molecule has 2 heteroatoms. The van der Waals surface area contributed by atoms with Gasteiger partial charge in [-0.3, -0.25) is 0 Å². The van der Waals surface area contributed by atoms with Gasteiger partial charge in [-0.2, -0.15) is 0 Å². The van der Waals surface area contributed by atoms with Crippen LogP contribution in [0.15, 0.2) is 60.5 Å². The van der Waals surface area contributed by atoms with Crippen molar-refractivity contribution >= 4 is 11.2 Å². The summed E-state index contributed by atoms with van der Waals surface area (Å²) >= 11 is 0. The SMILES string of the molecule is Cc1cccc2nc(C3=CC=C=CC=C3)cn12. The molecule has 0 spiro atoms. The van der Waals surface area contributed by atoms with Crippen LogP contribution in [0, 0.1) is 6.92 Å². The van der Waals surface area contributed by atoms with Crippen LogP contribution in [-0.4, -0.2) is 9.38 Å². The molecule has 0 aliphatic heterocycles. The summed E-state index contributed by atoms with van der Waals surface area (Å²) in [5.74, 6) is 0. The topological polar surface area (TPSA) is 17.3 Å². The van der Waals surface area contributed by atoms with Crippen LogP contribution in [0.2, 0.25) is 0 Å². The van der Waals surface area contributed by atoms with E-state index in [4.69, 9.17) is 0 Å². The Morgan fingerprint density at radius 3 is 3.06 bits per heavy atom. The maximum atomic E-state index is 4.62. The molecule has 0 saturated heterocycles. The van der Waals surface area contributed by atoms with Crippen molar-refractivity contribution in [3.63, 3.8) is 0 Å². The smallest absolute Gasteiger partial charge is 0.137 e. The van der Waals surface area contributed by atoms with E-state index in [9.17, 15) is 0 Å². The molecule has 0 radical (unpaired) electrons. The molecule has 0 unspecified atom stereocenters. The van der Waals surface area contributed by atoms with Gasteiger partial charge in [-0.25, -0.2) is 4.98 Å². The summed E-state index contributed by atoms with van der Waals surface area (Å²) in [7, 11) is 0. The van der Waals surface area contributed by atoms with Gasteiger partial charge in [0.2, 0.25) is 0 Å². The van der Waals surface area contributed by atoms with Gasteiger partial charge >= 0.3 is 0 Å². The fraction of sp³-hybridized carbons (Fsp3) is 0.0667. The van der Waals surface area contributed by atoms with Crippen molar-refractivity contribution in [1.29, 1.82) is 0 Å². The Hall–Kier alpha value is -2.31. The van der Waals surface area contributed by atoms with Crippen LogP contribution >= 0.6 is 0 Å². The van der Waals surface area contributed by atoms with Crippen molar-refractivity contribution in [2.75, 3.05) is 0 Å². The summed E-state index contributed by atoms with van der Waals surface area (Å²) in [6.45, 7) is 2.08. The highest BCUT2D eigenvalue weighted by Crippen LogP contribution is 2.18. The molecule has 2 aromatic rings. The second-order valence-electron chi connectivity index (χ2n) is 4.00. The van der Waals surface area contributed by atoms with Crippen molar-refractivity contribution in [3.05, 3.63) is 71.9 Å². The summed E-state index contributed by atoms with van der Waals surface area (Å²) in [6.07, 6.45) is 11.9. The molecule has 1 aliphatic rings. The Morgan fingerprint density at radius 1 is 1.24 bits per heavy atom. The Kier molecular flexibility index (Phi) is 2.28. The summed E-state index contributed by atoms with van der Waals surface area (Å²) in [5, 5.41) is 0. The van der Waals surface area contributed by atoms with Crippen molar-refractivity contribution in [3.8, 4) is 0 Å². The largest absolute Gasteiger partial charge is 0.304 e. The summed E-state index contributed by atoms with van der Waals surface area (Å²) in [6, 6.07) is 6.13. The molecule has 0 amide bonds. The van der Waals surface area contributed by atoms with Crippen LogP contribution in [0.5, 0.6) is 0 Å². The minimum absolute atomic E-state index is 0.982. The molecule has 0 bridgehead atoms. The first-order valence-corrected chi connectivity index (χ1v) is 5.59. The standard InChI is InChI=1S/C15H12N2/c1-12-7-6-10-15-16-14(11-17(12)15)13-8-4-2-3-5-9-13/h2,4-11H,1H3. The Morgan fingerprint density at radius 2 is 2.18 bits per heavy atom. The number of nitrogens with zero attached hydrogens (tertiary/aromatic N) is 2. The van der Waals surface area contributed by atoms with Crippen molar-refractivity contribution in [2.24, 2.45) is 0 Å². The second-order valence-corrected chi connectivity index (χ2v) is 4.00. The molecule has 17 heavy (non-hydrogen) atoms. The maximum Gasteiger partial charge on any atom is 0.137 e. The van der Waals surface area contributed by atoms with Crippen LogP contribution in [0.1, 0.15) is 11.4 Å². The van der Waals surface area contributed by atoms with Crippen molar-refractivity contribution in [2.45, 2.75) is 6.92 Å². The van der Waals surface area contributed by atoms with E-state index in [0.29, 0.717) is 0 Å². The molecule has 0 saturated carbocycles. The van der Waals surface area contributed by atoms with Crippen LogP contribution in [0.3, 0.4) is 0 Å². The lowest BCUT2D eigenvalue weighted by Gasteiger charge is -1.96. The number of pyridine rings is 1. The molecule has 2 nitrogen and oxygen atoms in total. The maximum absolute atomic E-state index is 4.62. The van der Waals surface area contributed by atoms with E-state index in [2.05, 4.69) is 34.3 Å². The molecular formula is C15H12N2. The normalized spacial score (nSPS) is 14.1. The van der Waals surface area contributed by atoms with Crippen LogP contribution < -0.4 is 0 Å². The van der Waals surface area contributed by atoms with Gasteiger partial charge in [-0.15, -0.1) is 5.73 Å². The first-order valence-electron chi connectivity index (χ1n) is 5.59. The van der Waals surface area contributed by atoms with E-state index in [0.717, 1.165) is 16.9 Å². The van der Waals surface area contributed by atoms with Gasteiger partial charge in [0.05, 0.1) is 5.69 Å². The average molecular weight is 220 g/mol. The molecule has 0 atom stereocenters. The van der Waals surface area contributed by atoms with Gasteiger partial charge in [0, 0.05) is 17.5 Å². The predicted molar refractivity (Wildman–Crippen MR) is 69.7 cm³/mol. The van der Waals surface area contributed by atoms with E-state index >= 15 is 0 Å². The third-order valence-corrected chi connectivity index (χ3v) is 2.82. The summed E-state index contributed by atoms with van der Waals surface area (Å²) < 4.78 is 2.10. The lowest BCUT2D eigenvalue weighted by atomic mass is 10.2. The zero-order chi connectivity index (χ0) is 11.7. The first-order chi connectivity index (χ1) is 8.34. The van der Waals surface area contributed by atoms with E-state index in [1.54, 1.807) is 0 Å². The number of fused-ring (bicyclic) bond motifs is 1. The zero-order valence-corrected chi connectivity index (χ0v) is 9.59. The molecule has 0 aromatic carbocycles. The second kappa shape index (κ2) is 3.93. The van der Waals surface area contributed by atoms with E-state index in [-0.39, 0.29) is 0 Å². The van der Waals surface area contributed by atoms with Gasteiger partial charge in [-0.1, -0.05) is 18.2 Å². The quantitative estimate of drug-likeness (QED) is 0.674. The van der Waals surface area contributed by atoms with Crippen LogP contribution in [0.4, 0.5) is 0 Å². The highest BCUT2D eigenvalue weighted by Gasteiger charge is 2.05. The Bertz CT molecular complexity index is 693. The highest BCUT2D eigenvalue weighted by molar-refractivity contribution is 5.75. The van der Waals surface area contributed by atoms with Gasteiger partial charge < -0.3 is 4.40 Å². The molecule has 3 rings (SSSR count). The lowest BCUT2D eigenvalue weighted by Crippen LogP contribution is -1.86. The van der Waals surface area contributed by atoms with Gasteiger partial charge in [0.25, 0.3) is 0 Å². The van der Waals surface area contributed by atoms with Crippen LogP contribution in [0.25, 0.3) is 11.2 Å². The number of hydrogen-bond acceptors (Lipinski definition) is 1. The minimum Gasteiger partial charge on any atom is -0.304 e. The number of rotatable bonds is 1. The number of aryl methyl sites for hydroxylation is 1. The number of allylic oxidation sites excluding steroid dienone is 5. The molecule has 0 N–H and O–H groups in total. The van der Waals surface area contributed by atoms with Crippen molar-refractivity contribution in [1.82, 2.24) is 9.38 Å². The number of imidazole rings is 1. The third kappa shape index (κ3) is 1.75. The fourth-order valence-corrected chi connectivity index (χ4v) is 1.91. The first kappa shape index (κ1) is 9.88. The van der Waals surface area contributed by atoms with Crippen molar-refractivity contribution < 1.29 is 0 Å². The molecule has 1 aliphatic carbocycles. The average Bonchev–Trinajstić information content (AvgIpc) is 2.59. The molecule has 2 aromatic heterocycles. The highest BCUT2D eigenvalue weighted by atomic mass is 15.0. The Balaban J connectivity index is 2.16. The number of aromatic nitrogens is 2. The zero-order valence-electron chi connectivity index (χ0n) is 9.59. The Labute approximate surface area is 99.9 Å². The third-order valence-electron chi connectivity index (χ3n) is 2.82. The lowest BCUT2D eigenvalue weighted by molar-refractivity contribution is 1.09. The predicted octanol–water partition coefficient (Wildman–Crippen LogP) is 3.31. The van der Waals surface area contributed by atoms with Crippen LogP contribution in [-0.2, 0) is 0 Å². The number of hydrogen-bond donors (Lipinski definition) is 0. The fourth-order valence-electron chi connectivity index (χ4n) is 1.91. The summed E-state index contributed by atoms with van der Waals surface area (Å²) in [5.41, 5.74) is 7.31. The van der Waals surface area contributed by atoms with Gasteiger partial charge in [0.1, 0.15) is 5.65 Å². The molecule has 2 heterocycles. The molecule has 82 valence electrons. The molecular weight excluding hydrogens is 208 g/mol. The minimum atomic E-state index is 0.982. The summed E-state index contributed by atoms with van der Waals surface area (Å²) in [4.78, 5) is 4.62. The van der Waals surface area contributed by atoms with Gasteiger partial charge in [0.15, 0.2) is 0 Å². The van der Waals surface area contributed by atoms with E-state index < -0.39 is 0 Å². The monoisotopic (exact) mass is 220 g/mol. The van der Waals surface area contributed by atoms with Gasteiger partial charge in [-0.05, 0) is 37.3 Å². The van der Waals surface area contributed by atoms with E-state index in [1.165, 1.54) is 5.69 Å². The van der Waals surface area contributed by atoms with E-state index in [1.807, 2.05) is 42.5 Å². The molecule has 0 fully saturated rings.